The monoisotopic (exact) mass is 332 g/mol. The van der Waals surface area contributed by atoms with Crippen molar-refractivity contribution in [3.8, 4) is 17.0 Å². The van der Waals surface area contributed by atoms with Gasteiger partial charge in [0, 0.05) is 18.0 Å². The Morgan fingerprint density at radius 3 is 2.52 bits per heavy atom. The Bertz CT molecular complexity index is 1020. The first-order valence-corrected chi connectivity index (χ1v) is 7.83. The number of hydrogen-bond acceptors (Lipinski definition) is 5. The summed E-state index contributed by atoms with van der Waals surface area (Å²) in [6, 6.07) is 13.9. The summed E-state index contributed by atoms with van der Waals surface area (Å²) in [5.41, 5.74) is 2.13. The third-order valence-electron chi connectivity index (χ3n) is 4.25. The number of phenols is 1. The molecular weight excluding hydrogens is 316 g/mol. The van der Waals surface area contributed by atoms with Gasteiger partial charge in [-0.3, -0.25) is 4.98 Å². The Balaban J connectivity index is 1.86. The molecule has 0 spiro atoms. The normalized spacial score (nSPS) is 13.7. The molecule has 0 radical (unpaired) electrons. The molecule has 25 heavy (non-hydrogen) atoms. The lowest BCUT2D eigenvalue weighted by Crippen LogP contribution is -2.25. The Hall–Kier alpha value is -3.25. The van der Waals surface area contributed by atoms with Crippen molar-refractivity contribution >= 4 is 5.65 Å². The lowest BCUT2D eigenvalue weighted by molar-refractivity contribution is 0.0953. The molecule has 1 atom stereocenters. The van der Waals surface area contributed by atoms with Gasteiger partial charge in [0.25, 0.3) is 0 Å². The summed E-state index contributed by atoms with van der Waals surface area (Å²) in [7, 11) is 0. The van der Waals surface area contributed by atoms with E-state index in [9.17, 15) is 10.2 Å². The Morgan fingerprint density at radius 2 is 1.80 bits per heavy atom. The van der Waals surface area contributed by atoms with Gasteiger partial charge in [0.1, 0.15) is 11.4 Å². The third kappa shape index (κ3) is 2.62. The van der Waals surface area contributed by atoms with E-state index in [1.807, 2.05) is 24.3 Å². The van der Waals surface area contributed by atoms with Crippen LogP contribution in [0, 0.1) is 0 Å². The summed E-state index contributed by atoms with van der Waals surface area (Å²) in [5, 5.41) is 25.2. The minimum Gasteiger partial charge on any atom is -0.508 e. The van der Waals surface area contributed by atoms with Crippen LogP contribution < -0.4 is 0 Å². The first-order chi connectivity index (χ1) is 12.1. The van der Waals surface area contributed by atoms with Crippen LogP contribution in [0.5, 0.6) is 5.75 Å². The Morgan fingerprint density at radius 1 is 1.00 bits per heavy atom. The summed E-state index contributed by atoms with van der Waals surface area (Å²) in [6.07, 6.45) is 5.06. The number of imidazole rings is 1. The minimum atomic E-state index is -1.31. The van der Waals surface area contributed by atoms with Gasteiger partial charge >= 0.3 is 0 Å². The topological polar surface area (TPSA) is 83.5 Å². The van der Waals surface area contributed by atoms with Crippen molar-refractivity contribution in [2.75, 3.05) is 0 Å². The van der Waals surface area contributed by atoms with Crippen LogP contribution in [0.3, 0.4) is 0 Å². The molecule has 0 saturated carbocycles. The van der Waals surface area contributed by atoms with E-state index in [4.69, 9.17) is 0 Å². The minimum absolute atomic E-state index is 0.148. The number of benzene rings is 1. The second-order valence-electron chi connectivity index (χ2n) is 5.99. The standard InChI is InChI=1S/C19H16N4O2/c1-19(25,14-4-6-15(24)7-5-14)17-12-21-18-9-8-16(22-23(17)18)13-3-2-10-20-11-13/h2-12,24-25H,1H3. The van der Waals surface area contributed by atoms with Gasteiger partial charge in [-0.25, -0.2) is 9.50 Å². The molecule has 1 aromatic carbocycles. The molecule has 0 fully saturated rings. The van der Waals surface area contributed by atoms with E-state index in [0.29, 0.717) is 16.9 Å². The van der Waals surface area contributed by atoms with Crippen LogP contribution in [0.15, 0.2) is 67.1 Å². The van der Waals surface area contributed by atoms with Crippen molar-refractivity contribution in [1.29, 1.82) is 0 Å². The van der Waals surface area contributed by atoms with E-state index in [-0.39, 0.29) is 5.75 Å². The zero-order valence-electron chi connectivity index (χ0n) is 13.5. The molecule has 6 heteroatoms. The molecule has 1 unspecified atom stereocenters. The zero-order valence-corrected chi connectivity index (χ0v) is 13.5. The first kappa shape index (κ1) is 15.3. The van der Waals surface area contributed by atoms with E-state index >= 15 is 0 Å². The van der Waals surface area contributed by atoms with Crippen molar-refractivity contribution in [2.24, 2.45) is 0 Å². The number of aromatic nitrogens is 4. The molecular formula is C19H16N4O2. The van der Waals surface area contributed by atoms with Crippen LogP contribution in [-0.4, -0.2) is 29.8 Å². The number of aromatic hydroxyl groups is 1. The fourth-order valence-electron chi connectivity index (χ4n) is 2.81. The van der Waals surface area contributed by atoms with Gasteiger partial charge in [-0.05, 0) is 48.9 Å². The molecule has 0 aliphatic rings. The van der Waals surface area contributed by atoms with Crippen molar-refractivity contribution in [3.63, 3.8) is 0 Å². The highest BCUT2D eigenvalue weighted by Gasteiger charge is 2.30. The molecule has 6 nitrogen and oxygen atoms in total. The summed E-state index contributed by atoms with van der Waals surface area (Å²) < 4.78 is 1.63. The highest BCUT2D eigenvalue weighted by molar-refractivity contribution is 5.59. The van der Waals surface area contributed by atoms with Gasteiger partial charge < -0.3 is 10.2 Å². The van der Waals surface area contributed by atoms with Gasteiger partial charge in [-0.1, -0.05) is 12.1 Å². The van der Waals surface area contributed by atoms with Crippen molar-refractivity contribution in [1.82, 2.24) is 19.6 Å². The third-order valence-corrected chi connectivity index (χ3v) is 4.25. The van der Waals surface area contributed by atoms with Gasteiger partial charge in [0.2, 0.25) is 0 Å². The van der Waals surface area contributed by atoms with E-state index in [0.717, 1.165) is 11.3 Å². The molecule has 3 aromatic heterocycles. The van der Waals surface area contributed by atoms with Crippen LogP contribution in [-0.2, 0) is 5.60 Å². The second kappa shape index (κ2) is 5.68. The SMILES string of the molecule is CC(O)(c1ccc(O)cc1)c1cnc2ccc(-c3cccnc3)nn12. The van der Waals surface area contributed by atoms with E-state index in [1.165, 1.54) is 0 Å². The molecule has 4 rings (SSSR count). The second-order valence-corrected chi connectivity index (χ2v) is 5.99. The van der Waals surface area contributed by atoms with Crippen LogP contribution in [0.2, 0.25) is 0 Å². The molecule has 0 aliphatic heterocycles. The summed E-state index contributed by atoms with van der Waals surface area (Å²) >= 11 is 0. The number of phenolic OH excluding ortho intramolecular Hbond substituents is 1. The number of rotatable bonds is 3. The van der Waals surface area contributed by atoms with E-state index < -0.39 is 5.60 Å². The maximum absolute atomic E-state index is 11.1. The molecule has 0 bridgehead atoms. The summed E-state index contributed by atoms with van der Waals surface area (Å²) in [5.74, 6) is 0.148. The lowest BCUT2D eigenvalue weighted by Gasteiger charge is -2.23. The predicted octanol–water partition coefficient (Wildman–Crippen LogP) is 2.75. The van der Waals surface area contributed by atoms with Gasteiger partial charge in [0.15, 0.2) is 5.65 Å². The average Bonchev–Trinajstić information content (AvgIpc) is 3.07. The van der Waals surface area contributed by atoms with E-state index in [1.54, 1.807) is 54.3 Å². The predicted molar refractivity (Wildman–Crippen MR) is 93.0 cm³/mol. The van der Waals surface area contributed by atoms with Crippen molar-refractivity contribution in [3.05, 3.63) is 78.4 Å². The highest BCUT2D eigenvalue weighted by atomic mass is 16.3. The average molecular weight is 332 g/mol. The number of hydrogen-bond donors (Lipinski definition) is 2. The molecule has 0 saturated heterocycles. The number of fused-ring (bicyclic) bond motifs is 1. The largest absolute Gasteiger partial charge is 0.508 e. The number of aliphatic hydroxyl groups is 1. The van der Waals surface area contributed by atoms with Crippen molar-refractivity contribution < 1.29 is 10.2 Å². The quantitative estimate of drug-likeness (QED) is 0.603. The fourth-order valence-corrected chi connectivity index (χ4v) is 2.81. The maximum atomic E-state index is 11.1. The van der Waals surface area contributed by atoms with E-state index in [2.05, 4.69) is 15.1 Å². The molecule has 2 N–H and O–H groups in total. The first-order valence-electron chi connectivity index (χ1n) is 7.83. The summed E-state index contributed by atoms with van der Waals surface area (Å²) in [4.78, 5) is 8.46. The zero-order chi connectivity index (χ0) is 17.4. The van der Waals surface area contributed by atoms with Gasteiger partial charge in [0.05, 0.1) is 17.6 Å². The van der Waals surface area contributed by atoms with Gasteiger partial charge in [-0.15, -0.1) is 0 Å². The summed E-state index contributed by atoms with van der Waals surface area (Å²) in [6.45, 7) is 1.68. The molecule has 0 amide bonds. The van der Waals surface area contributed by atoms with Crippen LogP contribution in [0.4, 0.5) is 0 Å². The molecule has 124 valence electrons. The van der Waals surface area contributed by atoms with Crippen LogP contribution in [0.1, 0.15) is 18.2 Å². The molecule has 0 aliphatic carbocycles. The van der Waals surface area contributed by atoms with Crippen LogP contribution >= 0.6 is 0 Å². The molecule has 3 heterocycles. The smallest absolute Gasteiger partial charge is 0.153 e. The maximum Gasteiger partial charge on any atom is 0.153 e. The Kier molecular flexibility index (Phi) is 3.47. The van der Waals surface area contributed by atoms with Crippen molar-refractivity contribution in [2.45, 2.75) is 12.5 Å². The Labute approximate surface area is 144 Å². The fraction of sp³-hybridized carbons (Fsp3) is 0.105. The lowest BCUT2D eigenvalue weighted by atomic mass is 9.93. The van der Waals surface area contributed by atoms with Crippen LogP contribution in [0.25, 0.3) is 16.9 Å². The molecule has 4 aromatic rings. The number of nitrogens with zero attached hydrogens (tertiary/aromatic N) is 4. The highest BCUT2D eigenvalue weighted by Crippen LogP contribution is 2.30. The number of pyridine rings is 1. The van der Waals surface area contributed by atoms with Gasteiger partial charge in [-0.2, -0.15) is 5.10 Å².